The lowest BCUT2D eigenvalue weighted by Crippen LogP contribution is -2.17. The monoisotopic (exact) mass is 253 g/mol. The average Bonchev–Trinajstić information content (AvgIpc) is 2.39. The number of aromatic nitrogens is 2. The number of ketones is 1. The number of benzene rings is 1. The van der Waals surface area contributed by atoms with Crippen LogP contribution in [-0.4, -0.2) is 15.8 Å². The van der Waals surface area contributed by atoms with Gasteiger partial charge in [-0.25, -0.2) is 9.97 Å². The van der Waals surface area contributed by atoms with E-state index in [9.17, 15) is 4.79 Å². The van der Waals surface area contributed by atoms with E-state index in [1.54, 1.807) is 0 Å². The standard InChI is InChI=1S/C15H15N3O/c1-10-14-12(8-5-9-13(14)19)18-15(16-10)17-11-6-3-2-4-7-11/h2-4,6-7H,5,8-9H2,1H3,(H,16,17,18). The molecule has 96 valence electrons. The topological polar surface area (TPSA) is 54.9 Å². The van der Waals surface area contributed by atoms with E-state index in [0.29, 0.717) is 12.4 Å². The molecule has 1 heterocycles. The summed E-state index contributed by atoms with van der Waals surface area (Å²) in [6.07, 6.45) is 2.35. The molecule has 0 atom stereocenters. The summed E-state index contributed by atoms with van der Waals surface area (Å²) in [7, 11) is 0. The highest BCUT2D eigenvalue weighted by Crippen LogP contribution is 2.24. The van der Waals surface area contributed by atoms with E-state index in [1.165, 1.54) is 0 Å². The lowest BCUT2D eigenvalue weighted by molar-refractivity contribution is 0.0970. The zero-order valence-electron chi connectivity index (χ0n) is 10.8. The zero-order chi connectivity index (χ0) is 13.2. The van der Waals surface area contributed by atoms with Crippen LogP contribution >= 0.6 is 0 Å². The number of rotatable bonds is 2. The van der Waals surface area contributed by atoms with Gasteiger partial charge in [0.15, 0.2) is 5.78 Å². The number of nitrogens with one attached hydrogen (secondary N) is 1. The van der Waals surface area contributed by atoms with Crippen molar-refractivity contribution in [2.75, 3.05) is 5.32 Å². The lowest BCUT2D eigenvalue weighted by Gasteiger charge is -2.16. The fourth-order valence-electron chi connectivity index (χ4n) is 2.42. The van der Waals surface area contributed by atoms with Crippen molar-refractivity contribution in [3.8, 4) is 0 Å². The number of hydrogen-bond acceptors (Lipinski definition) is 4. The SMILES string of the molecule is Cc1nc(Nc2ccccc2)nc2c1C(=O)CCC2. The van der Waals surface area contributed by atoms with E-state index in [0.717, 1.165) is 35.5 Å². The Morgan fingerprint density at radius 1 is 1.11 bits per heavy atom. The quantitative estimate of drug-likeness (QED) is 0.893. The minimum atomic E-state index is 0.171. The Morgan fingerprint density at radius 3 is 2.68 bits per heavy atom. The minimum Gasteiger partial charge on any atom is -0.324 e. The Kier molecular flexibility index (Phi) is 2.99. The fourth-order valence-corrected chi connectivity index (χ4v) is 2.42. The molecule has 1 aromatic heterocycles. The number of aryl methyl sites for hydroxylation is 2. The van der Waals surface area contributed by atoms with E-state index in [2.05, 4.69) is 15.3 Å². The Balaban J connectivity index is 1.96. The molecule has 19 heavy (non-hydrogen) atoms. The molecule has 1 aliphatic carbocycles. The van der Waals surface area contributed by atoms with Gasteiger partial charge in [0.25, 0.3) is 0 Å². The average molecular weight is 253 g/mol. The van der Waals surface area contributed by atoms with Crippen molar-refractivity contribution in [2.24, 2.45) is 0 Å². The molecular formula is C15H15N3O. The zero-order valence-corrected chi connectivity index (χ0v) is 10.8. The Bertz CT molecular complexity index is 623. The second-order valence-electron chi connectivity index (χ2n) is 4.72. The molecule has 4 nitrogen and oxygen atoms in total. The maximum absolute atomic E-state index is 11.9. The van der Waals surface area contributed by atoms with Crippen LogP contribution in [0.3, 0.4) is 0 Å². The van der Waals surface area contributed by atoms with Crippen LogP contribution in [0.4, 0.5) is 11.6 Å². The van der Waals surface area contributed by atoms with E-state index in [4.69, 9.17) is 0 Å². The summed E-state index contributed by atoms with van der Waals surface area (Å²) in [5.74, 6) is 0.738. The van der Waals surface area contributed by atoms with Crippen molar-refractivity contribution >= 4 is 17.4 Å². The van der Waals surface area contributed by atoms with Gasteiger partial charge < -0.3 is 5.32 Å². The molecule has 0 aliphatic heterocycles. The molecule has 0 spiro atoms. The molecule has 3 rings (SSSR count). The molecule has 1 aromatic carbocycles. The Hall–Kier alpha value is -2.23. The first-order valence-corrected chi connectivity index (χ1v) is 6.47. The molecule has 0 saturated carbocycles. The number of Topliss-reactive ketones (excluding diaryl/α,β-unsaturated/α-hetero) is 1. The van der Waals surface area contributed by atoms with Gasteiger partial charge in [-0.05, 0) is 31.9 Å². The van der Waals surface area contributed by atoms with Crippen LogP contribution in [0.5, 0.6) is 0 Å². The summed E-state index contributed by atoms with van der Waals surface area (Å²) in [5, 5.41) is 3.18. The summed E-state index contributed by atoms with van der Waals surface area (Å²) < 4.78 is 0. The number of carbonyl (C=O) groups is 1. The van der Waals surface area contributed by atoms with Crippen LogP contribution < -0.4 is 5.32 Å². The maximum Gasteiger partial charge on any atom is 0.227 e. The van der Waals surface area contributed by atoms with Crippen LogP contribution in [0, 0.1) is 6.92 Å². The molecule has 0 amide bonds. The Labute approximate surface area is 111 Å². The molecule has 1 N–H and O–H groups in total. The van der Waals surface area contributed by atoms with Gasteiger partial charge in [0, 0.05) is 12.1 Å². The van der Waals surface area contributed by atoms with E-state index in [-0.39, 0.29) is 5.78 Å². The van der Waals surface area contributed by atoms with Crippen molar-refractivity contribution in [3.63, 3.8) is 0 Å². The van der Waals surface area contributed by atoms with E-state index < -0.39 is 0 Å². The first kappa shape index (κ1) is 11.8. The molecule has 4 heteroatoms. The highest BCUT2D eigenvalue weighted by molar-refractivity contribution is 5.99. The molecular weight excluding hydrogens is 238 g/mol. The van der Waals surface area contributed by atoms with Crippen LogP contribution in [0.1, 0.15) is 34.6 Å². The number of anilines is 2. The fraction of sp³-hybridized carbons (Fsp3) is 0.267. The van der Waals surface area contributed by atoms with Gasteiger partial charge in [-0.1, -0.05) is 18.2 Å². The summed E-state index contributed by atoms with van der Waals surface area (Å²) in [6.45, 7) is 1.87. The van der Waals surface area contributed by atoms with Crippen LogP contribution in [0.15, 0.2) is 30.3 Å². The molecule has 0 saturated heterocycles. The summed E-state index contributed by atoms with van der Waals surface area (Å²) >= 11 is 0. The normalized spacial score (nSPS) is 14.1. The first-order chi connectivity index (χ1) is 9.24. The second kappa shape index (κ2) is 4.80. The molecule has 1 aliphatic rings. The number of nitrogens with zero attached hydrogens (tertiary/aromatic N) is 2. The van der Waals surface area contributed by atoms with Gasteiger partial charge >= 0.3 is 0 Å². The molecule has 2 aromatic rings. The summed E-state index contributed by atoms with van der Waals surface area (Å²) in [5.41, 5.74) is 3.32. The van der Waals surface area contributed by atoms with Crippen molar-refractivity contribution in [1.29, 1.82) is 0 Å². The smallest absolute Gasteiger partial charge is 0.227 e. The van der Waals surface area contributed by atoms with Gasteiger partial charge in [0.1, 0.15) is 0 Å². The van der Waals surface area contributed by atoms with Gasteiger partial charge in [-0.2, -0.15) is 0 Å². The Morgan fingerprint density at radius 2 is 1.89 bits per heavy atom. The lowest BCUT2D eigenvalue weighted by atomic mass is 9.94. The maximum atomic E-state index is 11.9. The van der Waals surface area contributed by atoms with Crippen LogP contribution in [-0.2, 0) is 6.42 Å². The molecule has 0 unspecified atom stereocenters. The predicted octanol–water partition coefficient (Wildman–Crippen LogP) is 3.05. The van der Waals surface area contributed by atoms with Crippen molar-refractivity contribution in [2.45, 2.75) is 26.2 Å². The number of para-hydroxylation sites is 1. The summed E-state index contributed by atoms with van der Waals surface area (Å²) in [6, 6.07) is 9.80. The van der Waals surface area contributed by atoms with Gasteiger partial charge in [0.05, 0.1) is 17.0 Å². The van der Waals surface area contributed by atoms with Gasteiger partial charge in [-0.3, -0.25) is 4.79 Å². The van der Waals surface area contributed by atoms with Crippen LogP contribution in [0.25, 0.3) is 0 Å². The number of hydrogen-bond donors (Lipinski definition) is 1. The number of fused-ring (bicyclic) bond motifs is 1. The van der Waals surface area contributed by atoms with Crippen molar-refractivity contribution in [1.82, 2.24) is 9.97 Å². The van der Waals surface area contributed by atoms with Crippen molar-refractivity contribution < 1.29 is 4.79 Å². The van der Waals surface area contributed by atoms with Gasteiger partial charge in [-0.15, -0.1) is 0 Å². The first-order valence-electron chi connectivity index (χ1n) is 6.47. The highest BCUT2D eigenvalue weighted by atomic mass is 16.1. The molecule has 0 bridgehead atoms. The number of carbonyl (C=O) groups excluding carboxylic acids is 1. The second-order valence-corrected chi connectivity index (χ2v) is 4.72. The van der Waals surface area contributed by atoms with E-state index >= 15 is 0 Å². The third-order valence-electron chi connectivity index (χ3n) is 3.29. The van der Waals surface area contributed by atoms with Crippen LogP contribution in [0.2, 0.25) is 0 Å². The minimum absolute atomic E-state index is 0.171. The third kappa shape index (κ3) is 2.34. The predicted molar refractivity (Wildman–Crippen MR) is 73.8 cm³/mol. The van der Waals surface area contributed by atoms with E-state index in [1.807, 2.05) is 37.3 Å². The third-order valence-corrected chi connectivity index (χ3v) is 3.29. The molecule has 0 radical (unpaired) electrons. The van der Waals surface area contributed by atoms with Crippen molar-refractivity contribution in [3.05, 3.63) is 47.3 Å². The highest BCUT2D eigenvalue weighted by Gasteiger charge is 2.22. The molecule has 0 fully saturated rings. The summed E-state index contributed by atoms with van der Waals surface area (Å²) in [4.78, 5) is 20.7. The van der Waals surface area contributed by atoms with Gasteiger partial charge in [0.2, 0.25) is 5.95 Å². The largest absolute Gasteiger partial charge is 0.324 e.